The van der Waals surface area contributed by atoms with E-state index in [-0.39, 0.29) is 38.6 Å². The highest BCUT2D eigenvalue weighted by Gasteiger charge is 2.41. The maximum atomic E-state index is 12.4. The van der Waals surface area contributed by atoms with Crippen LogP contribution in [0.25, 0.3) is 0 Å². The minimum absolute atomic E-state index is 0.0367. The van der Waals surface area contributed by atoms with Crippen molar-refractivity contribution in [3.63, 3.8) is 0 Å². The number of sulfonamides is 1. The molecule has 0 amide bonds. The molecule has 1 aliphatic rings. The fraction of sp³-hybridized carbons (Fsp3) is 0.455. The highest BCUT2D eigenvalue weighted by Crippen LogP contribution is 2.34. The lowest BCUT2D eigenvalue weighted by atomic mass is 10.0. The first-order chi connectivity index (χ1) is 9.46. The monoisotopic (exact) mass is 372 g/mol. The van der Waals surface area contributed by atoms with Crippen LogP contribution in [-0.4, -0.2) is 33.9 Å². The average molecular weight is 373 g/mol. The van der Waals surface area contributed by atoms with Crippen molar-refractivity contribution in [2.24, 2.45) is 0 Å². The van der Waals surface area contributed by atoms with Crippen molar-refractivity contribution in [1.29, 1.82) is 0 Å². The number of rotatable bonds is 3. The smallest absolute Gasteiger partial charge is 0.242 e. The van der Waals surface area contributed by atoms with Gasteiger partial charge in [0, 0.05) is 5.54 Å². The Kier molecular flexibility index (Phi) is 4.23. The number of hydrogen-bond donors (Lipinski definition) is 2. The SMILES string of the molecule is CC1(NS(=O)(=O)c2ccc(Cl)c(N)c2Cl)CCS(=O)(=O)C1. The molecule has 1 aliphatic heterocycles. The normalized spacial score (nSPS) is 25.1. The fourth-order valence-electron chi connectivity index (χ4n) is 2.23. The zero-order chi connectivity index (χ0) is 16.1. The van der Waals surface area contributed by atoms with Crippen LogP contribution in [0, 0.1) is 0 Å². The molecule has 3 N–H and O–H groups in total. The zero-order valence-corrected chi connectivity index (χ0v) is 14.2. The van der Waals surface area contributed by atoms with E-state index in [9.17, 15) is 16.8 Å². The summed E-state index contributed by atoms with van der Waals surface area (Å²) in [5.41, 5.74) is 4.51. The van der Waals surface area contributed by atoms with Gasteiger partial charge in [0.2, 0.25) is 10.0 Å². The molecule has 118 valence electrons. The van der Waals surface area contributed by atoms with Crippen molar-refractivity contribution < 1.29 is 16.8 Å². The number of nitrogen functional groups attached to an aromatic ring is 1. The first kappa shape index (κ1) is 16.8. The summed E-state index contributed by atoms with van der Waals surface area (Å²) in [6.07, 6.45) is 0.204. The van der Waals surface area contributed by atoms with E-state index in [0.717, 1.165) is 0 Å². The van der Waals surface area contributed by atoms with Gasteiger partial charge in [-0.25, -0.2) is 21.6 Å². The summed E-state index contributed by atoms with van der Waals surface area (Å²) in [6.45, 7) is 1.54. The molecule has 21 heavy (non-hydrogen) atoms. The van der Waals surface area contributed by atoms with E-state index >= 15 is 0 Å². The second kappa shape index (κ2) is 5.27. The average Bonchev–Trinajstić information content (AvgIpc) is 2.59. The Bertz CT molecular complexity index is 793. The Morgan fingerprint density at radius 3 is 2.48 bits per heavy atom. The molecule has 1 saturated heterocycles. The van der Waals surface area contributed by atoms with Crippen LogP contribution in [0.2, 0.25) is 10.0 Å². The van der Waals surface area contributed by atoms with Crippen LogP contribution in [0.3, 0.4) is 0 Å². The van der Waals surface area contributed by atoms with Crippen LogP contribution in [0.4, 0.5) is 5.69 Å². The summed E-state index contributed by atoms with van der Waals surface area (Å²) in [7, 11) is -7.25. The maximum absolute atomic E-state index is 12.4. The number of benzene rings is 1. The third-order valence-electron chi connectivity index (χ3n) is 3.26. The summed E-state index contributed by atoms with van der Waals surface area (Å²) < 4.78 is 50.3. The lowest BCUT2D eigenvalue weighted by Crippen LogP contribution is -2.46. The van der Waals surface area contributed by atoms with E-state index in [1.165, 1.54) is 12.1 Å². The highest BCUT2D eigenvalue weighted by molar-refractivity contribution is 7.92. The van der Waals surface area contributed by atoms with E-state index in [1.54, 1.807) is 6.92 Å². The second-order valence-corrected chi connectivity index (χ2v) is 9.90. The van der Waals surface area contributed by atoms with E-state index in [1.807, 2.05) is 0 Å². The topological polar surface area (TPSA) is 106 Å². The number of sulfone groups is 1. The summed E-state index contributed by atoms with van der Waals surface area (Å²) >= 11 is 11.7. The molecule has 0 radical (unpaired) electrons. The summed E-state index contributed by atoms with van der Waals surface area (Å²) in [4.78, 5) is -0.225. The molecule has 1 aromatic carbocycles. The highest BCUT2D eigenvalue weighted by atomic mass is 35.5. The van der Waals surface area contributed by atoms with Gasteiger partial charge < -0.3 is 5.73 Å². The summed E-state index contributed by atoms with van der Waals surface area (Å²) in [5, 5.41) is -0.0342. The van der Waals surface area contributed by atoms with Crippen LogP contribution in [0.1, 0.15) is 13.3 Å². The predicted octanol–water partition coefficient (Wildman–Crippen LogP) is 1.43. The van der Waals surface area contributed by atoms with E-state index in [4.69, 9.17) is 28.9 Å². The Hall–Kier alpha value is -0.540. The Morgan fingerprint density at radius 2 is 1.95 bits per heavy atom. The molecule has 10 heteroatoms. The van der Waals surface area contributed by atoms with Gasteiger partial charge in [0.1, 0.15) is 4.90 Å². The van der Waals surface area contributed by atoms with Crippen LogP contribution in [0.5, 0.6) is 0 Å². The predicted molar refractivity (Wildman–Crippen MR) is 82.9 cm³/mol. The van der Waals surface area contributed by atoms with E-state index < -0.39 is 25.4 Å². The third kappa shape index (κ3) is 3.45. The molecule has 2 rings (SSSR count). The fourth-order valence-corrected chi connectivity index (χ4v) is 6.61. The molecule has 1 fully saturated rings. The lowest BCUT2D eigenvalue weighted by molar-refractivity contribution is 0.462. The van der Waals surface area contributed by atoms with E-state index in [0.29, 0.717) is 0 Å². The second-order valence-electron chi connectivity index (χ2n) is 5.28. The van der Waals surface area contributed by atoms with Crippen molar-refractivity contribution in [3.05, 3.63) is 22.2 Å². The minimum atomic E-state index is -4.01. The molecular weight excluding hydrogens is 359 g/mol. The molecule has 0 aromatic heterocycles. The molecule has 6 nitrogen and oxygen atoms in total. The van der Waals surface area contributed by atoms with Gasteiger partial charge in [0.15, 0.2) is 9.84 Å². The molecule has 1 heterocycles. The molecule has 0 bridgehead atoms. The largest absolute Gasteiger partial charge is 0.396 e. The summed E-state index contributed by atoms with van der Waals surface area (Å²) in [6, 6.07) is 2.56. The standard InChI is InChI=1S/C11H14Cl2N2O4S2/c1-11(4-5-20(16,17)6-11)15-21(18,19)8-3-2-7(12)10(14)9(8)13/h2-3,15H,4-6,14H2,1H3. The maximum Gasteiger partial charge on any atom is 0.242 e. The minimum Gasteiger partial charge on any atom is -0.396 e. The van der Waals surface area contributed by atoms with Crippen LogP contribution in [-0.2, 0) is 19.9 Å². The van der Waals surface area contributed by atoms with Crippen LogP contribution < -0.4 is 10.5 Å². The van der Waals surface area contributed by atoms with Gasteiger partial charge in [-0.15, -0.1) is 0 Å². The van der Waals surface area contributed by atoms with Gasteiger partial charge in [-0.2, -0.15) is 0 Å². The Morgan fingerprint density at radius 1 is 1.33 bits per heavy atom. The summed E-state index contributed by atoms with van der Waals surface area (Å²) in [5.74, 6) is -0.303. The van der Waals surface area contributed by atoms with Gasteiger partial charge in [-0.1, -0.05) is 23.2 Å². The number of halogens is 2. The molecule has 1 atom stereocenters. The molecule has 0 spiro atoms. The first-order valence-electron chi connectivity index (χ1n) is 5.94. The van der Waals surface area contributed by atoms with Gasteiger partial charge >= 0.3 is 0 Å². The Labute approximate surface area is 133 Å². The van der Waals surface area contributed by atoms with Crippen molar-refractivity contribution >= 4 is 48.7 Å². The van der Waals surface area contributed by atoms with Gasteiger partial charge in [0.05, 0.1) is 27.2 Å². The number of nitrogens with one attached hydrogen (secondary N) is 1. The quantitative estimate of drug-likeness (QED) is 0.780. The lowest BCUT2D eigenvalue weighted by Gasteiger charge is -2.24. The first-order valence-corrected chi connectivity index (χ1v) is 10.00. The van der Waals surface area contributed by atoms with E-state index in [2.05, 4.69) is 4.72 Å². The van der Waals surface area contributed by atoms with Gasteiger partial charge in [-0.3, -0.25) is 0 Å². The zero-order valence-electron chi connectivity index (χ0n) is 11.1. The number of hydrogen-bond acceptors (Lipinski definition) is 5. The van der Waals surface area contributed by atoms with Crippen LogP contribution >= 0.6 is 23.2 Å². The molecule has 1 aromatic rings. The van der Waals surface area contributed by atoms with Crippen LogP contribution in [0.15, 0.2) is 17.0 Å². The Balaban J connectivity index is 2.39. The van der Waals surface area contributed by atoms with Crippen molar-refractivity contribution in [3.8, 4) is 0 Å². The molecule has 0 saturated carbocycles. The third-order valence-corrected chi connectivity index (χ3v) is 7.70. The van der Waals surface area contributed by atoms with Gasteiger partial charge in [-0.05, 0) is 25.5 Å². The van der Waals surface area contributed by atoms with Gasteiger partial charge in [0.25, 0.3) is 0 Å². The molecule has 0 aliphatic carbocycles. The number of anilines is 1. The molecule has 1 unspecified atom stereocenters. The molecular formula is C11H14Cl2N2O4S2. The number of nitrogens with two attached hydrogens (primary N) is 1. The van der Waals surface area contributed by atoms with Crippen molar-refractivity contribution in [2.75, 3.05) is 17.2 Å². The van der Waals surface area contributed by atoms with Crippen molar-refractivity contribution in [1.82, 2.24) is 4.72 Å². The van der Waals surface area contributed by atoms with Crippen molar-refractivity contribution in [2.45, 2.75) is 23.8 Å².